The number of nitrogens with one attached hydrogen (secondary N) is 1. The number of sulfonamides is 2. The number of para-hydroxylation sites is 1. The second kappa shape index (κ2) is 11.6. The monoisotopic (exact) mass is 583 g/mol. The van der Waals surface area contributed by atoms with Crippen molar-refractivity contribution < 1.29 is 26.4 Å². The average molecular weight is 584 g/mol. The first kappa shape index (κ1) is 28.1. The maximum absolute atomic E-state index is 13.4. The summed E-state index contributed by atoms with van der Waals surface area (Å²) in [6.07, 6.45) is 3.36. The molecule has 1 fully saturated rings. The minimum atomic E-state index is -3.74. The van der Waals surface area contributed by atoms with Crippen LogP contribution in [0.1, 0.15) is 36.0 Å². The number of hydrogen-bond acceptors (Lipinski definition) is 6. The third kappa shape index (κ3) is 5.86. The van der Waals surface area contributed by atoms with Crippen LogP contribution in [0.3, 0.4) is 0 Å². The summed E-state index contributed by atoms with van der Waals surface area (Å²) in [7, 11) is -7.22. The molecule has 0 aromatic heterocycles. The molecular weight excluding hydrogens is 550 g/mol. The highest BCUT2D eigenvalue weighted by molar-refractivity contribution is 7.92. The number of carbonyl (C=O) groups excluding carboxylic acids is 1. The summed E-state index contributed by atoms with van der Waals surface area (Å²) in [6, 6.07) is 18.7. The Balaban J connectivity index is 1.16. The molecule has 2 heterocycles. The van der Waals surface area contributed by atoms with Crippen LogP contribution in [0.4, 0.5) is 5.69 Å². The summed E-state index contributed by atoms with van der Waals surface area (Å²) in [5, 5.41) is 2.76. The summed E-state index contributed by atoms with van der Waals surface area (Å²) in [5.41, 5.74) is 3.10. The van der Waals surface area contributed by atoms with E-state index in [1.165, 1.54) is 14.7 Å². The average Bonchev–Trinajstić information content (AvgIpc) is 3.51. The van der Waals surface area contributed by atoms with Crippen molar-refractivity contribution in [3.63, 3.8) is 0 Å². The van der Waals surface area contributed by atoms with Crippen LogP contribution in [0, 0.1) is 6.92 Å². The van der Waals surface area contributed by atoms with Crippen molar-refractivity contribution in [3.05, 3.63) is 83.4 Å². The van der Waals surface area contributed by atoms with Gasteiger partial charge in [0.2, 0.25) is 10.0 Å². The van der Waals surface area contributed by atoms with Gasteiger partial charge in [0.05, 0.1) is 15.5 Å². The van der Waals surface area contributed by atoms with Crippen LogP contribution in [0.2, 0.25) is 0 Å². The smallest absolute Gasteiger partial charge is 0.264 e. The molecule has 1 N–H and O–H groups in total. The van der Waals surface area contributed by atoms with Crippen molar-refractivity contribution in [3.8, 4) is 5.75 Å². The number of rotatable bonds is 9. The highest BCUT2D eigenvalue weighted by Crippen LogP contribution is 2.33. The van der Waals surface area contributed by atoms with E-state index < -0.39 is 20.0 Å². The van der Waals surface area contributed by atoms with Crippen LogP contribution in [-0.4, -0.2) is 53.3 Å². The molecule has 0 saturated carbocycles. The molecule has 212 valence electrons. The van der Waals surface area contributed by atoms with Gasteiger partial charge in [0.15, 0.2) is 6.61 Å². The van der Waals surface area contributed by atoms with Crippen LogP contribution in [0.15, 0.2) is 76.5 Å². The maximum Gasteiger partial charge on any atom is 0.264 e. The van der Waals surface area contributed by atoms with Gasteiger partial charge in [-0.05, 0) is 85.7 Å². The zero-order valence-corrected chi connectivity index (χ0v) is 24.0. The Labute approximate surface area is 235 Å². The number of aryl methyl sites for hydroxylation is 2. The predicted octanol–water partition coefficient (Wildman–Crippen LogP) is 3.62. The molecule has 0 spiro atoms. The van der Waals surface area contributed by atoms with Crippen LogP contribution in [0.25, 0.3) is 0 Å². The van der Waals surface area contributed by atoms with Crippen LogP contribution >= 0.6 is 0 Å². The summed E-state index contributed by atoms with van der Waals surface area (Å²) in [6.45, 7) is 3.24. The normalized spacial score (nSPS) is 16.0. The molecule has 1 amide bonds. The van der Waals surface area contributed by atoms with Crippen molar-refractivity contribution in [1.29, 1.82) is 0 Å². The zero-order chi connectivity index (χ0) is 28.3. The quantitative estimate of drug-likeness (QED) is 0.412. The molecule has 5 rings (SSSR count). The fourth-order valence-corrected chi connectivity index (χ4v) is 8.22. The SMILES string of the molecule is Cc1cc(S(=O)(=O)N2CCCc3ccccc32)ccc1OCC(=O)NCc1ccc(S(=O)(=O)N2CCCC2)cc1. The second-order valence-corrected chi connectivity index (χ2v) is 13.9. The number of ether oxygens (including phenoxy) is 1. The predicted molar refractivity (Wildman–Crippen MR) is 152 cm³/mol. The summed E-state index contributed by atoms with van der Waals surface area (Å²) >= 11 is 0. The molecule has 3 aromatic rings. The van der Waals surface area contributed by atoms with Gasteiger partial charge in [-0.3, -0.25) is 9.10 Å². The van der Waals surface area contributed by atoms with E-state index in [9.17, 15) is 21.6 Å². The number of hydrogen-bond donors (Lipinski definition) is 1. The van der Waals surface area contributed by atoms with E-state index in [1.54, 1.807) is 43.3 Å². The lowest BCUT2D eigenvalue weighted by Gasteiger charge is -2.30. The first-order chi connectivity index (χ1) is 19.2. The van der Waals surface area contributed by atoms with Gasteiger partial charge in [0, 0.05) is 26.2 Å². The van der Waals surface area contributed by atoms with E-state index in [1.807, 2.05) is 24.3 Å². The molecule has 0 unspecified atom stereocenters. The van der Waals surface area contributed by atoms with Gasteiger partial charge >= 0.3 is 0 Å². The molecule has 40 heavy (non-hydrogen) atoms. The van der Waals surface area contributed by atoms with E-state index in [0.717, 1.165) is 36.8 Å². The molecule has 0 bridgehead atoms. The summed E-state index contributed by atoms with van der Waals surface area (Å²) in [4.78, 5) is 12.8. The minimum absolute atomic E-state index is 0.175. The van der Waals surface area contributed by atoms with Crippen molar-refractivity contribution in [1.82, 2.24) is 9.62 Å². The largest absolute Gasteiger partial charge is 0.484 e. The number of fused-ring (bicyclic) bond motifs is 1. The van der Waals surface area contributed by atoms with E-state index >= 15 is 0 Å². The van der Waals surface area contributed by atoms with Gasteiger partial charge in [-0.15, -0.1) is 0 Å². The fourth-order valence-electron chi connectivity index (χ4n) is 5.07. The van der Waals surface area contributed by atoms with E-state index in [4.69, 9.17) is 4.74 Å². The van der Waals surface area contributed by atoms with Crippen LogP contribution in [0.5, 0.6) is 5.75 Å². The molecule has 2 aliphatic rings. The molecule has 9 nitrogen and oxygen atoms in total. The van der Waals surface area contributed by atoms with E-state index in [2.05, 4.69) is 5.32 Å². The number of amides is 1. The van der Waals surface area contributed by atoms with Crippen molar-refractivity contribution in [2.75, 3.05) is 30.5 Å². The highest BCUT2D eigenvalue weighted by atomic mass is 32.2. The minimum Gasteiger partial charge on any atom is -0.484 e. The standard InChI is InChI=1S/C29H33N3O6S2/c1-22-19-26(40(36,37)32-18-6-8-24-7-2-3-9-27(24)32)14-15-28(22)38-21-29(33)30-20-23-10-12-25(13-11-23)39(34,35)31-16-4-5-17-31/h2-3,7,9-15,19H,4-6,8,16-18,20-21H2,1H3,(H,30,33). The first-order valence-corrected chi connectivity index (χ1v) is 16.2. The van der Waals surface area contributed by atoms with Gasteiger partial charge in [0.25, 0.3) is 15.9 Å². The van der Waals surface area contributed by atoms with E-state index in [-0.39, 0.29) is 28.8 Å². The van der Waals surface area contributed by atoms with Gasteiger partial charge in [-0.2, -0.15) is 4.31 Å². The van der Waals surface area contributed by atoms with E-state index in [0.29, 0.717) is 36.6 Å². The molecule has 0 radical (unpaired) electrons. The summed E-state index contributed by atoms with van der Waals surface area (Å²) in [5.74, 6) is 0.0689. The lowest BCUT2D eigenvalue weighted by atomic mass is 10.0. The molecule has 2 aliphatic heterocycles. The van der Waals surface area contributed by atoms with Crippen molar-refractivity contribution >= 4 is 31.6 Å². The fraction of sp³-hybridized carbons (Fsp3) is 0.345. The van der Waals surface area contributed by atoms with Gasteiger partial charge in [-0.25, -0.2) is 16.8 Å². The molecule has 1 saturated heterocycles. The number of benzene rings is 3. The number of carbonyl (C=O) groups is 1. The molecule has 3 aromatic carbocycles. The Hall–Kier alpha value is -3.41. The molecule has 11 heteroatoms. The molecule has 0 atom stereocenters. The number of anilines is 1. The lowest BCUT2D eigenvalue weighted by Crippen LogP contribution is -2.35. The lowest BCUT2D eigenvalue weighted by molar-refractivity contribution is -0.123. The highest BCUT2D eigenvalue weighted by Gasteiger charge is 2.29. The Morgan fingerprint density at radius 2 is 1.55 bits per heavy atom. The number of nitrogens with zero attached hydrogens (tertiary/aromatic N) is 2. The topological polar surface area (TPSA) is 113 Å². The van der Waals surface area contributed by atoms with Crippen LogP contribution < -0.4 is 14.4 Å². The van der Waals surface area contributed by atoms with Crippen molar-refractivity contribution in [2.45, 2.75) is 48.9 Å². The third-order valence-corrected chi connectivity index (χ3v) is 11.0. The maximum atomic E-state index is 13.4. The Morgan fingerprint density at radius 1 is 0.850 bits per heavy atom. The summed E-state index contributed by atoms with van der Waals surface area (Å²) < 4.78 is 60.8. The Kier molecular flexibility index (Phi) is 8.16. The van der Waals surface area contributed by atoms with Gasteiger partial charge in [-0.1, -0.05) is 30.3 Å². The van der Waals surface area contributed by atoms with Crippen molar-refractivity contribution in [2.24, 2.45) is 0 Å². The Bertz CT molecular complexity index is 1600. The van der Waals surface area contributed by atoms with Gasteiger partial charge < -0.3 is 10.1 Å². The first-order valence-electron chi connectivity index (χ1n) is 13.4. The van der Waals surface area contributed by atoms with Gasteiger partial charge in [0.1, 0.15) is 5.75 Å². The molecule has 0 aliphatic carbocycles. The molecular formula is C29H33N3O6S2. The van der Waals surface area contributed by atoms with Crippen LogP contribution in [-0.2, 0) is 37.8 Å². The zero-order valence-electron chi connectivity index (χ0n) is 22.4. The second-order valence-electron chi connectivity index (χ2n) is 10.1. The Morgan fingerprint density at radius 3 is 2.27 bits per heavy atom. The third-order valence-electron chi connectivity index (χ3n) is 7.28.